The number of hydrogen-bond donors (Lipinski definition) is 0. The van der Waals surface area contributed by atoms with Gasteiger partial charge in [-0.3, -0.25) is 0 Å². The highest BCUT2D eigenvalue weighted by Crippen LogP contribution is 2.28. The second-order valence-electron chi connectivity index (χ2n) is 6.93. The molecule has 0 aliphatic rings. The Kier molecular flexibility index (Phi) is 6.11. The first-order valence-corrected chi connectivity index (χ1v) is 9.47. The van der Waals surface area contributed by atoms with Gasteiger partial charge in [-0.2, -0.15) is 0 Å². The second-order valence-corrected chi connectivity index (χ2v) is 6.93. The van der Waals surface area contributed by atoms with Gasteiger partial charge in [0.1, 0.15) is 11.4 Å². The van der Waals surface area contributed by atoms with Crippen molar-refractivity contribution in [3.63, 3.8) is 0 Å². The number of ether oxygens (including phenoxy) is 1. The smallest absolute Gasteiger partial charge is 0.167 e. The summed E-state index contributed by atoms with van der Waals surface area (Å²) in [6.45, 7) is 7.35. The van der Waals surface area contributed by atoms with E-state index in [0.29, 0.717) is 5.92 Å². The van der Waals surface area contributed by atoms with E-state index in [9.17, 15) is 0 Å². The molecule has 0 N–H and O–H groups in total. The van der Waals surface area contributed by atoms with Gasteiger partial charge in [-0.15, -0.1) is 0 Å². The van der Waals surface area contributed by atoms with Crippen molar-refractivity contribution in [2.24, 2.45) is 0 Å². The minimum Gasteiger partial charge on any atom is -0.494 e. The van der Waals surface area contributed by atoms with E-state index in [-0.39, 0.29) is 0 Å². The summed E-state index contributed by atoms with van der Waals surface area (Å²) < 4.78 is 11.3. The van der Waals surface area contributed by atoms with Crippen LogP contribution in [0.25, 0.3) is 22.6 Å². The van der Waals surface area contributed by atoms with E-state index in [1.807, 2.05) is 30.3 Å². The van der Waals surface area contributed by atoms with E-state index in [0.717, 1.165) is 41.4 Å². The monoisotopic (exact) mass is 349 g/mol. The van der Waals surface area contributed by atoms with Crippen molar-refractivity contribution in [2.45, 2.75) is 46.0 Å². The molecule has 0 saturated carbocycles. The number of aromatic nitrogens is 1. The number of rotatable bonds is 8. The molecule has 0 saturated heterocycles. The summed E-state index contributed by atoms with van der Waals surface area (Å²) >= 11 is 0. The fourth-order valence-corrected chi connectivity index (χ4v) is 2.84. The first-order chi connectivity index (χ1) is 12.7. The van der Waals surface area contributed by atoms with Gasteiger partial charge in [0.2, 0.25) is 0 Å². The fraction of sp³-hybridized carbons (Fsp3) is 0.348. The van der Waals surface area contributed by atoms with Crippen LogP contribution in [0.4, 0.5) is 0 Å². The van der Waals surface area contributed by atoms with Crippen LogP contribution in [0, 0.1) is 0 Å². The maximum absolute atomic E-state index is 5.76. The van der Waals surface area contributed by atoms with Gasteiger partial charge in [0.25, 0.3) is 0 Å². The van der Waals surface area contributed by atoms with Crippen LogP contribution in [0.5, 0.6) is 5.75 Å². The zero-order valence-corrected chi connectivity index (χ0v) is 15.9. The van der Waals surface area contributed by atoms with Gasteiger partial charge in [-0.05, 0) is 42.2 Å². The molecule has 136 valence electrons. The standard InChI is InChI=1S/C23H27NO2/c1-4-5-6-15-25-21-13-11-20(12-14-21)23-16-22(24-26-23)19-9-7-18(8-10-19)17(2)3/h7-14,16-17H,4-6,15H2,1-3H3. The van der Waals surface area contributed by atoms with Crippen LogP contribution >= 0.6 is 0 Å². The molecular formula is C23H27NO2. The highest BCUT2D eigenvalue weighted by atomic mass is 16.5. The molecule has 3 heteroatoms. The van der Waals surface area contributed by atoms with Gasteiger partial charge < -0.3 is 9.26 Å². The lowest BCUT2D eigenvalue weighted by molar-refractivity contribution is 0.306. The summed E-state index contributed by atoms with van der Waals surface area (Å²) in [4.78, 5) is 0. The summed E-state index contributed by atoms with van der Waals surface area (Å²) in [6.07, 6.45) is 3.51. The molecule has 3 rings (SSSR count). The summed E-state index contributed by atoms with van der Waals surface area (Å²) in [6, 6.07) is 18.5. The number of nitrogens with zero attached hydrogens (tertiary/aromatic N) is 1. The zero-order chi connectivity index (χ0) is 18.4. The molecule has 0 radical (unpaired) electrons. The van der Waals surface area contributed by atoms with E-state index in [4.69, 9.17) is 9.26 Å². The third-order valence-electron chi connectivity index (χ3n) is 4.54. The van der Waals surface area contributed by atoms with Gasteiger partial charge in [-0.25, -0.2) is 0 Å². The van der Waals surface area contributed by atoms with Crippen molar-refractivity contribution >= 4 is 0 Å². The Morgan fingerprint density at radius 3 is 2.27 bits per heavy atom. The topological polar surface area (TPSA) is 35.3 Å². The highest BCUT2D eigenvalue weighted by Gasteiger charge is 2.09. The quantitative estimate of drug-likeness (QED) is 0.424. The van der Waals surface area contributed by atoms with Gasteiger partial charge in [0.15, 0.2) is 5.76 Å². The summed E-state index contributed by atoms with van der Waals surface area (Å²) in [5, 5.41) is 4.22. The molecule has 0 atom stereocenters. The van der Waals surface area contributed by atoms with Gasteiger partial charge in [-0.1, -0.05) is 63.0 Å². The van der Waals surface area contributed by atoms with E-state index < -0.39 is 0 Å². The van der Waals surface area contributed by atoms with Gasteiger partial charge in [0.05, 0.1) is 6.61 Å². The molecule has 3 aromatic rings. The lowest BCUT2D eigenvalue weighted by Crippen LogP contribution is -1.96. The Bertz CT molecular complexity index is 801. The molecule has 0 aliphatic heterocycles. The molecule has 1 heterocycles. The molecule has 0 unspecified atom stereocenters. The predicted octanol–water partition coefficient (Wildman–Crippen LogP) is 6.70. The molecule has 26 heavy (non-hydrogen) atoms. The first-order valence-electron chi connectivity index (χ1n) is 9.47. The van der Waals surface area contributed by atoms with Gasteiger partial charge in [0, 0.05) is 17.2 Å². The van der Waals surface area contributed by atoms with Crippen molar-refractivity contribution in [3.8, 4) is 28.3 Å². The molecule has 0 bridgehead atoms. The Morgan fingerprint density at radius 2 is 1.62 bits per heavy atom. The van der Waals surface area contributed by atoms with Crippen LogP contribution < -0.4 is 4.74 Å². The van der Waals surface area contributed by atoms with E-state index in [1.54, 1.807) is 0 Å². The number of hydrogen-bond acceptors (Lipinski definition) is 3. The van der Waals surface area contributed by atoms with Crippen molar-refractivity contribution in [1.29, 1.82) is 0 Å². The summed E-state index contributed by atoms with van der Waals surface area (Å²) in [7, 11) is 0. The molecule has 3 nitrogen and oxygen atoms in total. The minimum atomic E-state index is 0.527. The van der Waals surface area contributed by atoms with Crippen LogP contribution in [0.15, 0.2) is 59.1 Å². The zero-order valence-electron chi connectivity index (χ0n) is 15.9. The Hall–Kier alpha value is -2.55. The second kappa shape index (κ2) is 8.70. The SMILES string of the molecule is CCCCCOc1ccc(-c2cc(-c3ccc(C(C)C)cc3)no2)cc1. The van der Waals surface area contributed by atoms with Crippen LogP contribution in [-0.4, -0.2) is 11.8 Å². The maximum atomic E-state index is 5.76. The van der Waals surface area contributed by atoms with Crippen molar-refractivity contribution in [3.05, 3.63) is 60.2 Å². The average Bonchev–Trinajstić information content (AvgIpc) is 3.16. The Labute approximate surface area is 156 Å². The number of unbranched alkanes of at least 4 members (excludes halogenated alkanes) is 2. The molecule has 0 aliphatic carbocycles. The third kappa shape index (κ3) is 4.54. The molecule has 0 fully saturated rings. The van der Waals surface area contributed by atoms with Crippen LogP contribution in [0.3, 0.4) is 0 Å². The average molecular weight is 349 g/mol. The lowest BCUT2D eigenvalue weighted by Gasteiger charge is -2.05. The lowest BCUT2D eigenvalue weighted by atomic mass is 10.0. The summed E-state index contributed by atoms with van der Waals surface area (Å²) in [5.74, 6) is 2.19. The Morgan fingerprint density at radius 1 is 0.923 bits per heavy atom. The molecule has 0 spiro atoms. The van der Waals surface area contributed by atoms with Crippen LogP contribution in [0.1, 0.15) is 51.5 Å². The predicted molar refractivity (Wildman–Crippen MR) is 106 cm³/mol. The summed E-state index contributed by atoms with van der Waals surface area (Å²) in [5.41, 5.74) is 4.26. The Balaban J connectivity index is 1.67. The first kappa shape index (κ1) is 18.2. The highest BCUT2D eigenvalue weighted by molar-refractivity contribution is 5.67. The molecular weight excluding hydrogens is 322 g/mol. The van der Waals surface area contributed by atoms with Crippen molar-refractivity contribution in [1.82, 2.24) is 5.16 Å². The normalized spacial score (nSPS) is 11.1. The molecule has 1 aromatic heterocycles. The number of benzene rings is 2. The largest absolute Gasteiger partial charge is 0.494 e. The van der Waals surface area contributed by atoms with Gasteiger partial charge >= 0.3 is 0 Å². The van der Waals surface area contributed by atoms with Crippen molar-refractivity contribution < 1.29 is 9.26 Å². The molecule has 2 aromatic carbocycles. The minimum absolute atomic E-state index is 0.527. The van der Waals surface area contributed by atoms with Crippen LogP contribution in [0.2, 0.25) is 0 Å². The maximum Gasteiger partial charge on any atom is 0.167 e. The molecule has 0 amide bonds. The van der Waals surface area contributed by atoms with Crippen LogP contribution in [-0.2, 0) is 0 Å². The van der Waals surface area contributed by atoms with E-state index >= 15 is 0 Å². The fourth-order valence-electron chi connectivity index (χ4n) is 2.84. The third-order valence-corrected chi connectivity index (χ3v) is 4.54. The van der Waals surface area contributed by atoms with E-state index in [1.165, 1.54) is 18.4 Å². The van der Waals surface area contributed by atoms with E-state index in [2.05, 4.69) is 50.2 Å². The van der Waals surface area contributed by atoms with Crippen molar-refractivity contribution in [2.75, 3.05) is 6.61 Å².